The second-order valence-corrected chi connectivity index (χ2v) is 6.96. The van der Waals surface area contributed by atoms with Crippen LogP contribution in [0.4, 0.5) is 11.4 Å². The Morgan fingerprint density at radius 2 is 1.97 bits per heavy atom. The second kappa shape index (κ2) is 7.04. The molecule has 7 heteroatoms. The van der Waals surface area contributed by atoms with Crippen LogP contribution in [-0.4, -0.2) is 22.9 Å². The molecule has 0 unspecified atom stereocenters. The molecule has 2 amide bonds. The molecule has 2 aromatic carbocycles. The molecule has 0 spiro atoms. The summed E-state index contributed by atoms with van der Waals surface area (Å²) in [4.78, 5) is 29.6. The smallest absolute Gasteiger partial charge is 0.265 e. The first kappa shape index (κ1) is 17.9. The van der Waals surface area contributed by atoms with Crippen LogP contribution in [0.5, 0.6) is 5.75 Å². The van der Waals surface area contributed by atoms with Crippen LogP contribution in [-0.2, 0) is 4.79 Å². The summed E-state index contributed by atoms with van der Waals surface area (Å²) in [6, 6.07) is 17.8. The average molecular weight is 399 g/mol. The van der Waals surface area contributed by atoms with Crippen molar-refractivity contribution in [1.82, 2.24) is 4.98 Å². The summed E-state index contributed by atoms with van der Waals surface area (Å²) in [6.07, 6.45) is 1.01. The van der Waals surface area contributed by atoms with Crippen molar-refractivity contribution in [3.05, 3.63) is 72.5 Å². The number of aromatic nitrogens is 1. The Kier molecular flexibility index (Phi) is 4.21. The molecule has 2 N–H and O–H groups in total. The van der Waals surface area contributed by atoms with E-state index >= 15 is 0 Å². The van der Waals surface area contributed by atoms with E-state index in [-0.39, 0.29) is 11.8 Å². The lowest BCUT2D eigenvalue weighted by Crippen LogP contribution is -2.34. The van der Waals surface area contributed by atoms with Gasteiger partial charge in [0.05, 0.1) is 23.0 Å². The summed E-state index contributed by atoms with van der Waals surface area (Å²) in [6.45, 7) is 1.68. The minimum atomic E-state index is -0.554. The molecule has 1 aliphatic heterocycles. The summed E-state index contributed by atoms with van der Waals surface area (Å²) in [5.41, 5.74) is 2.80. The normalized spacial score (nSPS) is 15.2. The maximum Gasteiger partial charge on any atom is 0.265 e. The number of fused-ring (bicyclic) bond motifs is 2. The van der Waals surface area contributed by atoms with Crippen LogP contribution in [0.3, 0.4) is 0 Å². The Hall–Kier alpha value is -4.13. The summed E-state index contributed by atoms with van der Waals surface area (Å²) in [7, 11) is 0. The lowest BCUT2D eigenvalue weighted by atomic mass is 10.1. The molecule has 30 heavy (non-hydrogen) atoms. The topological polar surface area (TPSA) is 93.5 Å². The molecule has 3 heterocycles. The lowest BCUT2D eigenvalue weighted by molar-refractivity contribution is -0.122. The SMILES string of the molecule is C[C@@H]1Oc2ccc(NC(=O)c3cc(-c4ccco4)nc4ccccc34)cc2NC1=O. The predicted molar refractivity (Wildman–Crippen MR) is 113 cm³/mol. The van der Waals surface area contributed by atoms with Crippen LogP contribution in [0.1, 0.15) is 17.3 Å². The van der Waals surface area contributed by atoms with Crippen molar-refractivity contribution in [2.75, 3.05) is 10.6 Å². The third kappa shape index (κ3) is 3.16. The number of carbonyl (C=O) groups is 2. The van der Waals surface area contributed by atoms with Crippen LogP contribution in [0.15, 0.2) is 71.3 Å². The van der Waals surface area contributed by atoms with Crippen molar-refractivity contribution < 1.29 is 18.7 Å². The Balaban J connectivity index is 1.51. The van der Waals surface area contributed by atoms with Crippen molar-refractivity contribution in [2.45, 2.75) is 13.0 Å². The zero-order chi connectivity index (χ0) is 20.7. The molecule has 7 nitrogen and oxygen atoms in total. The maximum atomic E-state index is 13.1. The first-order valence-corrected chi connectivity index (χ1v) is 9.45. The van der Waals surface area contributed by atoms with E-state index in [1.807, 2.05) is 24.3 Å². The molecule has 148 valence electrons. The van der Waals surface area contributed by atoms with Crippen molar-refractivity contribution >= 4 is 34.1 Å². The number of nitrogens with zero attached hydrogens (tertiary/aromatic N) is 1. The fraction of sp³-hybridized carbons (Fsp3) is 0.0870. The van der Waals surface area contributed by atoms with Crippen LogP contribution in [0.25, 0.3) is 22.4 Å². The highest BCUT2D eigenvalue weighted by atomic mass is 16.5. The van der Waals surface area contributed by atoms with E-state index in [1.165, 1.54) is 0 Å². The molecule has 0 bridgehead atoms. The van der Waals surface area contributed by atoms with Gasteiger partial charge in [0, 0.05) is 11.1 Å². The van der Waals surface area contributed by atoms with Crippen LogP contribution in [0.2, 0.25) is 0 Å². The zero-order valence-electron chi connectivity index (χ0n) is 16.0. The molecule has 1 atom stereocenters. The van der Waals surface area contributed by atoms with Crippen LogP contribution < -0.4 is 15.4 Å². The van der Waals surface area contributed by atoms with Gasteiger partial charge in [-0.15, -0.1) is 0 Å². The number of furan rings is 1. The Labute approximate surface area is 171 Å². The Morgan fingerprint density at radius 1 is 1.10 bits per heavy atom. The van der Waals surface area contributed by atoms with E-state index in [1.54, 1.807) is 49.6 Å². The first-order valence-electron chi connectivity index (χ1n) is 9.45. The second-order valence-electron chi connectivity index (χ2n) is 6.96. The van der Waals surface area contributed by atoms with E-state index in [4.69, 9.17) is 9.15 Å². The van der Waals surface area contributed by atoms with E-state index in [2.05, 4.69) is 15.6 Å². The average Bonchev–Trinajstić information content (AvgIpc) is 3.29. The maximum absolute atomic E-state index is 13.1. The summed E-state index contributed by atoms with van der Waals surface area (Å²) >= 11 is 0. The number of para-hydroxylation sites is 1. The molecule has 0 radical (unpaired) electrons. The molecular formula is C23H17N3O4. The van der Waals surface area contributed by atoms with Gasteiger partial charge in [0.15, 0.2) is 11.9 Å². The van der Waals surface area contributed by atoms with Gasteiger partial charge in [0.25, 0.3) is 11.8 Å². The largest absolute Gasteiger partial charge is 0.479 e. The fourth-order valence-electron chi connectivity index (χ4n) is 3.40. The zero-order valence-corrected chi connectivity index (χ0v) is 16.0. The fourth-order valence-corrected chi connectivity index (χ4v) is 3.40. The quantitative estimate of drug-likeness (QED) is 0.530. The summed E-state index contributed by atoms with van der Waals surface area (Å²) < 4.78 is 11.0. The highest BCUT2D eigenvalue weighted by molar-refractivity contribution is 6.13. The number of rotatable bonds is 3. The minimum Gasteiger partial charge on any atom is -0.479 e. The van der Waals surface area contributed by atoms with Crippen LogP contribution >= 0.6 is 0 Å². The standard InChI is InChI=1S/C23H17N3O4/c1-13-22(27)26-18-11-14(8-9-21(18)30-13)24-23(28)16-12-19(20-7-4-10-29-20)25-17-6-3-2-5-15(16)17/h2-13H,1H3,(H,24,28)(H,26,27)/t13-/m0/s1. The lowest BCUT2D eigenvalue weighted by Gasteiger charge is -2.23. The third-order valence-electron chi connectivity index (χ3n) is 4.90. The number of carbonyl (C=O) groups excluding carboxylic acids is 2. The number of hydrogen-bond donors (Lipinski definition) is 2. The van der Waals surface area contributed by atoms with E-state index in [0.29, 0.717) is 39.7 Å². The van der Waals surface area contributed by atoms with Gasteiger partial charge in [-0.05, 0) is 49.4 Å². The molecule has 0 aliphatic carbocycles. The molecule has 0 saturated carbocycles. The van der Waals surface area contributed by atoms with Gasteiger partial charge in [0.1, 0.15) is 11.4 Å². The van der Waals surface area contributed by atoms with Gasteiger partial charge in [-0.2, -0.15) is 0 Å². The van der Waals surface area contributed by atoms with Crippen molar-refractivity contribution in [2.24, 2.45) is 0 Å². The number of pyridine rings is 1. The predicted octanol–water partition coefficient (Wildman–Crippen LogP) is 4.47. The van der Waals surface area contributed by atoms with Gasteiger partial charge >= 0.3 is 0 Å². The molecule has 0 fully saturated rings. The highest BCUT2D eigenvalue weighted by Crippen LogP contribution is 2.33. The number of nitrogens with one attached hydrogen (secondary N) is 2. The highest BCUT2D eigenvalue weighted by Gasteiger charge is 2.24. The number of benzene rings is 2. The van der Waals surface area contributed by atoms with Crippen molar-refractivity contribution in [3.8, 4) is 17.2 Å². The number of anilines is 2. The van der Waals surface area contributed by atoms with Gasteiger partial charge < -0.3 is 19.8 Å². The monoisotopic (exact) mass is 399 g/mol. The summed E-state index contributed by atoms with van der Waals surface area (Å²) in [5, 5.41) is 6.41. The molecular weight excluding hydrogens is 382 g/mol. The molecule has 1 aliphatic rings. The van der Waals surface area contributed by atoms with Gasteiger partial charge in [0.2, 0.25) is 0 Å². The number of amides is 2. The molecule has 2 aromatic heterocycles. The molecule has 5 rings (SSSR count). The minimum absolute atomic E-state index is 0.228. The van der Waals surface area contributed by atoms with E-state index in [9.17, 15) is 9.59 Å². The van der Waals surface area contributed by atoms with Crippen LogP contribution in [0, 0.1) is 0 Å². The number of ether oxygens (including phenoxy) is 1. The Bertz CT molecular complexity index is 1280. The molecule has 4 aromatic rings. The van der Waals surface area contributed by atoms with Gasteiger partial charge in [-0.1, -0.05) is 18.2 Å². The van der Waals surface area contributed by atoms with Gasteiger partial charge in [-0.3, -0.25) is 9.59 Å². The van der Waals surface area contributed by atoms with E-state index < -0.39 is 6.10 Å². The Morgan fingerprint density at radius 3 is 2.80 bits per heavy atom. The third-order valence-corrected chi connectivity index (χ3v) is 4.90. The van der Waals surface area contributed by atoms with Crippen molar-refractivity contribution in [1.29, 1.82) is 0 Å². The van der Waals surface area contributed by atoms with Gasteiger partial charge in [-0.25, -0.2) is 4.98 Å². The first-order chi connectivity index (χ1) is 14.6. The molecule has 0 saturated heterocycles. The number of hydrogen-bond acceptors (Lipinski definition) is 5. The van der Waals surface area contributed by atoms with Crippen molar-refractivity contribution in [3.63, 3.8) is 0 Å². The summed E-state index contributed by atoms with van der Waals surface area (Å²) in [5.74, 6) is 0.624. The van der Waals surface area contributed by atoms with E-state index in [0.717, 1.165) is 5.39 Å².